The topological polar surface area (TPSA) is 59.1 Å². The summed E-state index contributed by atoms with van der Waals surface area (Å²) in [5.41, 5.74) is 0.972. The summed E-state index contributed by atoms with van der Waals surface area (Å²) < 4.78 is 53.5. The predicted molar refractivity (Wildman–Crippen MR) is 152 cm³/mol. The molecule has 0 aliphatic carbocycles. The summed E-state index contributed by atoms with van der Waals surface area (Å²) in [5, 5.41) is 0. The number of ether oxygens (including phenoxy) is 2. The molecule has 0 bridgehead atoms. The number of hydrogen-bond acceptors (Lipinski definition) is 5. The number of rotatable bonds is 9. The molecule has 0 spiro atoms. The van der Waals surface area contributed by atoms with Crippen molar-refractivity contribution in [3.63, 3.8) is 0 Å². The Balaban J connectivity index is 1.68. The molecule has 1 aliphatic heterocycles. The molecule has 1 aliphatic rings. The molecule has 0 radical (unpaired) electrons. The van der Waals surface area contributed by atoms with E-state index in [9.17, 15) is 22.8 Å². The van der Waals surface area contributed by atoms with Gasteiger partial charge in [-0.1, -0.05) is 60.7 Å². The molecule has 0 N–H and O–H groups in total. The van der Waals surface area contributed by atoms with Gasteiger partial charge in [-0.15, -0.1) is 0 Å². The molecular weight excluding hydrogens is 533 g/mol. The quantitative estimate of drug-likeness (QED) is 0.299. The van der Waals surface area contributed by atoms with Crippen molar-refractivity contribution in [3.8, 4) is 5.75 Å². The zero-order chi connectivity index (χ0) is 29.6. The maximum Gasteiger partial charge on any atom is 0.416 e. The molecule has 4 rings (SSSR count). The second kappa shape index (κ2) is 13.0. The summed E-state index contributed by atoms with van der Waals surface area (Å²) in [6.45, 7) is 2.24. The van der Waals surface area contributed by atoms with Crippen LogP contribution < -0.4 is 9.64 Å². The molecule has 2 atom stereocenters. The van der Waals surface area contributed by atoms with Crippen LogP contribution in [0, 0.1) is 0 Å². The molecule has 1 amide bonds. The molecular formula is C32H33F3N2O4. The molecule has 0 aromatic heterocycles. The highest BCUT2D eigenvalue weighted by Crippen LogP contribution is 2.43. The third-order valence-electron chi connectivity index (χ3n) is 7.12. The van der Waals surface area contributed by atoms with Crippen molar-refractivity contribution in [2.24, 2.45) is 0 Å². The van der Waals surface area contributed by atoms with Crippen molar-refractivity contribution >= 4 is 23.6 Å². The van der Waals surface area contributed by atoms with E-state index in [-0.39, 0.29) is 24.2 Å². The fourth-order valence-corrected chi connectivity index (χ4v) is 5.06. The van der Waals surface area contributed by atoms with E-state index in [1.54, 1.807) is 24.3 Å². The van der Waals surface area contributed by atoms with Gasteiger partial charge in [0, 0.05) is 38.2 Å². The van der Waals surface area contributed by atoms with Crippen LogP contribution in [0.5, 0.6) is 5.75 Å². The lowest BCUT2D eigenvalue weighted by Gasteiger charge is -2.29. The highest BCUT2D eigenvalue weighted by Gasteiger charge is 2.44. The van der Waals surface area contributed by atoms with Crippen molar-refractivity contribution in [2.45, 2.75) is 31.5 Å². The Morgan fingerprint density at radius 3 is 2.39 bits per heavy atom. The van der Waals surface area contributed by atoms with Gasteiger partial charge >= 0.3 is 12.1 Å². The zero-order valence-electron chi connectivity index (χ0n) is 23.2. The first-order chi connectivity index (χ1) is 19.6. The summed E-state index contributed by atoms with van der Waals surface area (Å²) in [6, 6.07) is 20.4. The molecule has 0 saturated heterocycles. The normalized spacial score (nSPS) is 17.4. The second-order valence-electron chi connectivity index (χ2n) is 9.98. The van der Waals surface area contributed by atoms with Crippen LogP contribution in [0.2, 0.25) is 0 Å². The first-order valence-corrected chi connectivity index (χ1v) is 13.3. The van der Waals surface area contributed by atoms with Gasteiger partial charge in [0.15, 0.2) is 6.10 Å². The van der Waals surface area contributed by atoms with E-state index in [1.165, 1.54) is 31.1 Å². The summed E-state index contributed by atoms with van der Waals surface area (Å²) in [4.78, 5) is 29.5. The van der Waals surface area contributed by atoms with Crippen molar-refractivity contribution in [1.82, 2.24) is 4.90 Å². The Morgan fingerprint density at radius 2 is 1.76 bits per heavy atom. The van der Waals surface area contributed by atoms with Gasteiger partial charge < -0.3 is 19.3 Å². The Morgan fingerprint density at radius 1 is 1.05 bits per heavy atom. The van der Waals surface area contributed by atoms with E-state index >= 15 is 0 Å². The standard InChI is InChI=1S/C32H33F3N2O4/c1-22(38)41-30-26(24-14-16-25(40-3)17-15-24)21-27-28(32(33,34)35)12-7-13-29(27)37(31(30)39)20-19-36(2)18-8-11-23-9-5-4-6-10-23/h4-17,26,30H,18-21H2,1-3H3/t26-,30+/m0/s1. The molecule has 0 unspecified atom stereocenters. The maximum atomic E-state index is 14.2. The molecule has 3 aromatic carbocycles. The van der Waals surface area contributed by atoms with Crippen LogP contribution in [-0.4, -0.2) is 56.7 Å². The number of benzene rings is 3. The van der Waals surface area contributed by atoms with Gasteiger partial charge in [0.2, 0.25) is 0 Å². The minimum absolute atomic E-state index is 0.00422. The van der Waals surface area contributed by atoms with E-state index in [4.69, 9.17) is 9.47 Å². The fourth-order valence-electron chi connectivity index (χ4n) is 5.06. The smallest absolute Gasteiger partial charge is 0.416 e. The summed E-state index contributed by atoms with van der Waals surface area (Å²) >= 11 is 0. The minimum Gasteiger partial charge on any atom is -0.497 e. The number of hydrogen-bond donors (Lipinski definition) is 0. The van der Waals surface area contributed by atoms with E-state index in [2.05, 4.69) is 0 Å². The molecule has 3 aromatic rings. The first-order valence-electron chi connectivity index (χ1n) is 13.3. The number of fused-ring (bicyclic) bond motifs is 1. The number of alkyl halides is 3. The highest BCUT2D eigenvalue weighted by atomic mass is 19.4. The number of carbonyl (C=O) groups excluding carboxylic acids is 2. The molecule has 216 valence electrons. The van der Waals surface area contributed by atoms with Crippen molar-refractivity contribution in [3.05, 3.63) is 101 Å². The van der Waals surface area contributed by atoms with Gasteiger partial charge in [0.1, 0.15) is 5.75 Å². The van der Waals surface area contributed by atoms with E-state index in [1.807, 2.05) is 54.4 Å². The number of anilines is 1. The molecule has 1 heterocycles. The Labute approximate surface area is 238 Å². The Bertz CT molecular complexity index is 1370. The Hall–Kier alpha value is -4.11. The largest absolute Gasteiger partial charge is 0.497 e. The number of carbonyl (C=O) groups is 2. The van der Waals surface area contributed by atoms with Crippen LogP contribution in [0.4, 0.5) is 18.9 Å². The second-order valence-corrected chi connectivity index (χ2v) is 9.98. The van der Waals surface area contributed by atoms with Gasteiger partial charge in [-0.25, -0.2) is 0 Å². The number of esters is 1. The first kappa shape index (κ1) is 29.9. The van der Waals surface area contributed by atoms with Crippen LogP contribution in [0.15, 0.2) is 78.9 Å². The van der Waals surface area contributed by atoms with Gasteiger partial charge in [-0.2, -0.15) is 13.2 Å². The van der Waals surface area contributed by atoms with Gasteiger partial charge in [-0.05, 0) is 54.4 Å². The van der Waals surface area contributed by atoms with Gasteiger partial charge in [-0.3, -0.25) is 9.59 Å². The molecule has 9 heteroatoms. The van der Waals surface area contributed by atoms with Gasteiger partial charge in [0.25, 0.3) is 5.91 Å². The highest BCUT2D eigenvalue weighted by molar-refractivity contribution is 6.00. The molecule has 0 saturated carbocycles. The van der Waals surface area contributed by atoms with E-state index < -0.39 is 35.6 Å². The predicted octanol–water partition coefficient (Wildman–Crippen LogP) is 5.96. The number of nitrogens with zero attached hydrogens (tertiary/aromatic N) is 2. The van der Waals surface area contributed by atoms with Crippen molar-refractivity contribution in [2.75, 3.05) is 38.7 Å². The van der Waals surface area contributed by atoms with Crippen LogP contribution in [-0.2, 0) is 26.9 Å². The van der Waals surface area contributed by atoms with Crippen LogP contribution in [0.1, 0.15) is 35.1 Å². The Kier molecular flexibility index (Phi) is 9.50. The lowest BCUT2D eigenvalue weighted by atomic mass is 9.86. The average molecular weight is 567 g/mol. The molecule has 6 nitrogen and oxygen atoms in total. The third-order valence-corrected chi connectivity index (χ3v) is 7.12. The lowest BCUT2D eigenvalue weighted by Crippen LogP contribution is -2.45. The van der Waals surface area contributed by atoms with E-state index in [0.717, 1.165) is 11.6 Å². The lowest BCUT2D eigenvalue weighted by molar-refractivity contribution is -0.154. The van der Waals surface area contributed by atoms with Crippen LogP contribution in [0.3, 0.4) is 0 Å². The molecule has 41 heavy (non-hydrogen) atoms. The SMILES string of the molecule is COc1ccc([C@@H]2Cc3c(cccc3C(F)(F)F)N(CCN(C)CC=Cc3ccccc3)C(=O)[C@@H]2OC(C)=O)cc1. The monoisotopic (exact) mass is 566 g/mol. The average Bonchev–Trinajstić information content (AvgIpc) is 3.06. The number of methoxy groups -OCH3 is 1. The van der Waals surface area contributed by atoms with Crippen LogP contribution >= 0.6 is 0 Å². The zero-order valence-corrected chi connectivity index (χ0v) is 23.2. The third kappa shape index (κ3) is 7.35. The fraction of sp³-hybridized carbons (Fsp3) is 0.312. The number of halogens is 3. The number of likely N-dealkylation sites (N-methyl/N-ethyl adjacent to an activating group) is 1. The summed E-state index contributed by atoms with van der Waals surface area (Å²) in [5.74, 6) is -1.53. The van der Waals surface area contributed by atoms with E-state index in [0.29, 0.717) is 24.4 Å². The summed E-state index contributed by atoms with van der Waals surface area (Å²) in [6.07, 6.45) is -2.12. The van der Waals surface area contributed by atoms with Crippen molar-refractivity contribution in [1.29, 1.82) is 0 Å². The molecule has 0 fully saturated rings. The summed E-state index contributed by atoms with van der Waals surface area (Å²) in [7, 11) is 3.37. The van der Waals surface area contributed by atoms with Gasteiger partial charge in [0.05, 0.1) is 12.7 Å². The minimum atomic E-state index is -4.63. The van der Waals surface area contributed by atoms with Crippen molar-refractivity contribution < 1.29 is 32.2 Å². The van der Waals surface area contributed by atoms with Crippen LogP contribution in [0.25, 0.3) is 6.08 Å². The maximum absolute atomic E-state index is 14.2. The number of amides is 1.